The number of hydrogen-bond acceptors (Lipinski definition) is 3. The molecule has 0 aromatic heterocycles. The molecule has 5 nitrogen and oxygen atoms in total. The number of nitrogens with zero attached hydrogens (tertiary/aromatic N) is 2. The summed E-state index contributed by atoms with van der Waals surface area (Å²) in [5, 5.41) is 6.63. The Morgan fingerprint density at radius 2 is 2.04 bits per heavy atom. The lowest BCUT2D eigenvalue weighted by atomic mass is 10.0. The molecule has 0 radical (unpaired) electrons. The van der Waals surface area contributed by atoms with Crippen molar-refractivity contribution in [2.45, 2.75) is 26.4 Å². The maximum absolute atomic E-state index is 13.2. The highest BCUT2D eigenvalue weighted by atomic mass is 19.1. The Morgan fingerprint density at radius 3 is 2.67 bits per heavy atom. The van der Waals surface area contributed by atoms with Crippen molar-refractivity contribution in [3.63, 3.8) is 0 Å². The van der Waals surface area contributed by atoms with Gasteiger partial charge in [0.25, 0.3) is 0 Å². The molecule has 0 saturated carbocycles. The van der Waals surface area contributed by atoms with Crippen LogP contribution in [0.15, 0.2) is 29.3 Å². The van der Waals surface area contributed by atoms with Gasteiger partial charge >= 0.3 is 0 Å². The van der Waals surface area contributed by atoms with Crippen LogP contribution in [0.5, 0.6) is 0 Å². The van der Waals surface area contributed by atoms with E-state index in [-0.39, 0.29) is 5.82 Å². The van der Waals surface area contributed by atoms with Gasteiger partial charge in [0, 0.05) is 39.3 Å². The lowest BCUT2D eigenvalue weighted by Gasteiger charge is -2.37. The zero-order valence-electron chi connectivity index (χ0n) is 14.9. The first-order valence-electron chi connectivity index (χ1n) is 8.61. The van der Waals surface area contributed by atoms with Gasteiger partial charge in [-0.05, 0) is 23.6 Å². The summed E-state index contributed by atoms with van der Waals surface area (Å²) in [6, 6.07) is 7.03. The van der Waals surface area contributed by atoms with E-state index in [4.69, 9.17) is 4.74 Å². The zero-order chi connectivity index (χ0) is 17.4. The van der Waals surface area contributed by atoms with E-state index in [1.165, 1.54) is 12.1 Å². The van der Waals surface area contributed by atoms with Gasteiger partial charge in [-0.1, -0.05) is 26.0 Å². The van der Waals surface area contributed by atoms with Crippen molar-refractivity contribution < 1.29 is 9.13 Å². The number of aliphatic imine (C=N–C) groups is 1. The number of ether oxygens (including phenoxy) is 1. The Morgan fingerprint density at radius 1 is 1.29 bits per heavy atom. The number of halogens is 1. The average molecular weight is 336 g/mol. The third-order valence-electron chi connectivity index (χ3n) is 4.34. The molecule has 0 amide bonds. The molecular formula is C18H29FN4O. The third-order valence-corrected chi connectivity index (χ3v) is 4.34. The summed E-state index contributed by atoms with van der Waals surface area (Å²) in [4.78, 5) is 6.73. The van der Waals surface area contributed by atoms with Crippen molar-refractivity contribution >= 4 is 5.96 Å². The summed E-state index contributed by atoms with van der Waals surface area (Å²) < 4.78 is 18.7. The second kappa shape index (κ2) is 9.59. The first kappa shape index (κ1) is 18.7. The molecule has 0 spiro atoms. The van der Waals surface area contributed by atoms with Crippen molar-refractivity contribution in [1.82, 2.24) is 15.5 Å². The second-order valence-electron chi connectivity index (χ2n) is 6.40. The van der Waals surface area contributed by atoms with Crippen LogP contribution in [0.1, 0.15) is 19.4 Å². The molecule has 1 aliphatic rings. The molecule has 1 heterocycles. The molecule has 24 heavy (non-hydrogen) atoms. The highest BCUT2D eigenvalue weighted by molar-refractivity contribution is 5.79. The molecule has 1 aromatic rings. The van der Waals surface area contributed by atoms with Gasteiger partial charge in [0.15, 0.2) is 5.96 Å². The molecule has 1 unspecified atom stereocenters. The van der Waals surface area contributed by atoms with E-state index >= 15 is 0 Å². The van der Waals surface area contributed by atoms with Crippen LogP contribution in [0.4, 0.5) is 4.39 Å². The summed E-state index contributed by atoms with van der Waals surface area (Å²) in [7, 11) is 1.75. The predicted octanol–water partition coefficient (Wildman–Crippen LogP) is 1.85. The Balaban J connectivity index is 1.84. The predicted molar refractivity (Wildman–Crippen MR) is 95.6 cm³/mol. The van der Waals surface area contributed by atoms with E-state index in [2.05, 4.69) is 34.4 Å². The van der Waals surface area contributed by atoms with E-state index in [1.807, 2.05) is 6.07 Å². The van der Waals surface area contributed by atoms with Crippen molar-refractivity contribution in [2.75, 3.05) is 39.9 Å². The number of guanidine groups is 1. The summed E-state index contributed by atoms with van der Waals surface area (Å²) in [5.74, 6) is 1.06. The lowest BCUT2D eigenvalue weighted by Crippen LogP contribution is -2.52. The van der Waals surface area contributed by atoms with Crippen molar-refractivity contribution in [3.8, 4) is 0 Å². The van der Waals surface area contributed by atoms with Crippen LogP contribution in [0.2, 0.25) is 0 Å². The van der Waals surface area contributed by atoms with Crippen LogP contribution >= 0.6 is 0 Å². The number of morpholine rings is 1. The average Bonchev–Trinajstić information content (AvgIpc) is 2.58. The summed E-state index contributed by atoms with van der Waals surface area (Å²) in [6.45, 7) is 9.39. The highest BCUT2D eigenvalue weighted by Gasteiger charge is 2.23. The second-order valence-corrected chi connectivity index (χ2v) is 6.40. The van der Waals surface area contributed by atoms with Gasteiger partial charge in [-0.2, -0.15) is 0 Å². The molecule has 1 atom stereocenters. The van der Waals surface area contributed by atoms with E-state index in [1.54, 1.807) is 13.1 Å². The van der Waals surface area contributed by atoms with Gasteiger partial charge in [0.05, 0.1) is 13.2 Å². The van der Waals surface area contributed by atoms with Gasteiger partial charge in [-0.25, -0.2) is 4.39 Å². The minimum atomic E-state index is -0.218. The maximum Gasteiger partial charge on any atom is 0.191 e. The van der Waals surface area contributed by atoms with Gasteiger partial charge in [-0.3, -0.25) is 9.89 Å². The molecule has 1 saturated heterocycles. The quantitative estimate of drug-likeness (QED) is 0.615. The standard InChI is InChI=1S/C18H29FN4O/c1-14(2)17(23-7-9-24-10-8-23)13-22-18(20-3)21-12-15-5-4-6-16(19)11-15/h4-6,11,14,17H,7-10,12-13H2,1-3H3,(H2,20,21,22). The molecular weight excluding hydrogens is 307 g/mol. The first-order valence-corrected chi connectivity index (χ1v) is 8.61. The van der Waals surface area contributed by atoms with Crippen LogP contribution < -0.4 is 10.6 Å². The van der Waals surface area contributed by atoms with Crippen LogP contribution in [-0.2, 0) is 11.3 Å². The number of nitrogens with one attached hydrogen (secondary N) is 2. The fraction of sp³-hybridized carbons (Fsp3) is 0.611. The highest BCUT2D eigenvalue weighted by Crippen LogP contribution is 2.12. The molecule has 0 aliphatic carbocycles. The summed E-state index contributed by atoms with van der Waals surface area (Å²) in [5.41, 5.74) is 0.895. The van der Waals surface area contributed by atoms with Crippen LogP contribution in [0.3, 0.4) is 0 Å². The van der Waals surface area contributed by atoms with Crippen LogP contribution in [0.25, 0.3) is 0 Å². The maximum atomic E-state index is 13.2. The Kier molecular flexibility index (Phi) is 7.46. The Labute approximate surface area is 144 Å². The van der Waals surface area contributed by atoms with E-state index < -0.39 is 0 Å². The van der Waals surface area contributed by atoms with E-state index in [0.717, 1.165) is 44.4 Å². The largest absolute Gasteiger partial charge is 0.379 e. The molecule has 134 valence electrons. The van der Waals surface area contributed by atoms with Gasteiger partial charge in [-0.15, -0.1) is 0 Å². The fourth-order valence-electron chi connectivity index (χ4n) is 2.95. The smallest absolute Gasteiger partial charge is 0.191 e. The topological polar surface area (TPSA) is 48.9 Å². The van der Waals surface area contributed by atoms with Crippen molar-refractivity contribution in [2.24, 2.45) is 10.9 Å². The molecule has 2 N–H and O–H groups in total. The molecule has 1 aliphatic heterocycles. The normalized spacial score (nSPS) is 17.8. The van der Waals surface area contributed by atoms with Crippen LogP contribution in [-0.4, -0.2) is 56.8 Å². The number of hydrogen-bond donors (Lipinski definition) is 2. The van der Waals surface area contributed by atoms with Crippen molar-refractivity contribution in [3.05, 3.63) is 35.6 Å². The SMILES string of the molecule is CN=C(NCc1cccc(F)c1)NCC(C(C)C)N1CCOCC1. The monoisotopic (exact) mass is 336 g/mol. The Bertz CT molecular complexity index is 530. The molecule has 2 rings (SSSR count). The third kappa shape index (κ3) is 5.76. The van der Waals surface area contributed by atoms with Crippen LogP contribution in [0, 0.1) is 11.7 Å². The summed E-state index contributed by atoms with van der Waals surface area (Å²) in [6.07, 6.45) is 0. The van der Waals surface area contributed by atoms with E-state index in [0.29, 0.717) is 18.5 Å². The number of benzene rings is 1. The van der Waals surface area contributed by atoms with E-state index in [9.17, 15) is 4.39 Å². The first-order chi connectivity index (χ1) is 11.6. The fourth-order valence-corrected chi connectivity index (χ4v) is 2.95. The number of rotatable bonds is 6. The van der Waals surface area contributed by atoms with Gasteiger partial charge < -0.3 is 15.4 Å². The minimum absolute atomic E-state index is 0.218. The van der Waals surface area contributed by atoms with Gasteiger partial charge in [0.1, 0.15) is 5.82 Å². The van der Waals surface area contributed by atoms with Gasteiger partial charge in [0.2, 0.25) is 0 Å². The molecule has 1 fully saturated rings. The molecule has 0 bridgehead atoms. The zero-order valence-corrected chi connectivity index (χ0v) is 14.9. The minimum Gasteiger partial charge on any atom is -0.379 e. The Hall–Kier alpha value is -1.66. The lowest BCUT2D eigenvalue weighted by molar-refractivity contribution is 0.00752. The molecule has 1 aromatic carbocycles. The molecule has 6 heteroatoms. The summed E-state index contributed by atoms with van der Waals surface area (Å²) >= 11 is 0. The van der Waals surface area contributed by atoms with Crippen molar-refractivity contribution in [1.29, 1.82) is 0 Å².